The first-order valence-electron chi connectivity index (χ1n) is 7.02. The first-order valence-corrected chi connectivity index (χ1v) is 7.02. The van der Waals surface area contributed by atoms with Crippen LogP contribution in [0.15, 0.2) is 24.3 Å². The second kappa shape index (κ2) is 5.74. The molecule has 0 saturated carbocycles. The van der Waals surface area contributed by atoms with Gasteiger partial charge in [-0.2, -0.15) is 0 Å². The number of likely N-dealkylation sites (N-methyl/N-ethyl adjacent to an activating group) is 1. The molecule has 1 aromatic rings. The monoisotopic (exact) mass is 260 g/mol. The van der Waals surface area contributed by atoms with Crippen molar-refractivity contribution >= 4 is 5.91 Å². The molecule has 1 aromatic carbocycles. The van der Waals surface area contributed by atoms with Gasteiger partial charge in [0.2, 0.25) is 5.91 Å². The average molecular weight is 260 g/mol. The van der Waals surface area contributed by atoms with Crippen LogP contribution in [0.2, 0.25) is 0 Å². The summed E-state index contributed by atoms with van der Waals surface area (Å²) in [4.78, 5) is 16.7. The summed E-state index contributed by atoms with van der Waals surface area (Å²) in [5, 5.41) is 0. The van der Waals surface area contributed by atoms with Gasteiger partial charge in [0.1, 0.15) is 0 Å². The Balaban J connectivity index is 2.14. The minimum absolute atomic E-state index is 0.0229. The SMILES string of the molecule is CC(C)C(C(=O)N1CCc2ccccc2C1)N(C)C. The van der Waals surface area contributed by atoms with Gasteiger partial charge in [0.25, 0.3) is 0 Å². The molecule has 1 heterocycles. The number of carbonyl (C=O) groups excluding carboxylic acids is 1. The maximum atomic E-state index is 12.7. The van der Waals surface area contributed by atoms with Crippen LogP contribution in [0.4, 0.5) is 0 Å². The smallest absolute Gasteiger partial charge is 0.240 e. The fourth-order valence-electron chi connectivity index (χ4n) is 2.97. The Morgan fingerprint density at radius 1 is 1.21 bits per heavy atom. The fourth-order valence-corrected chi connectivity index (χ4v) is 2.97. The van der Waals surface area contributed by atoms with E-state index in [1.165, 1.54) is 11.1 Å². The van der Waals surface area contributed by atoms with Gasteiger partial charge in [-0.15, -0.1) is 0 Å². The van der Waals surface area contributed by atoms with Crippen molar-refractivity contribution < 1.29 is 4.79 Å². The Morgan fingerprint density at radius 3 is 2.42 bits per heavy atom. The van der Waals surface area contributed by atoms with Crippen molar-refractivity contribution in [3.05, 3.63) is 35.4 Å². The number of rotatable bonds is 3. The van der Waals surface area contributed by atoms with Crippen LogP contribution in [-0.4, -0.2) is 42.4 Å². The largest absolute Gasteiger partial charge is 0.337 e. The van der Waals surface area contributed by atoms with Gasteiger partial charge in [-0.1, -0.05) is 38.1 Å². The Bertz CT molecular complexity index is 446. The third kappa shape index (κ3) is 2.98. The molecule has 1 atom stereocenters. The molecule has 19 heavy (non-hydrogen) atoms. The van der Waals surface area contributed by atoms with E-state index in [0.717, 1.165) is 19.5 Å². The fraction of sp³-hybridized carbons (Fsp3) is 0.562. The van der Waals surface area contributed by atoms with E-state index in [-0.39, 0.29) is 11.9 Å². The molecule has 0 fully saturated rings. The molecule has 0 saturated heterocycles. The van der Waals surface area contributed by atoms with Gasteiger partial charge in [0.05, 0.1) is 6.04 Å². The van der Waals surface area contributed by atoms with Crippen molar-refractivity contribution in [1.82, 2.24) is 9.80 Å². The molecule has 0 aliphatic carbocycles. The Hall–Kier alpha value is -1.35. The zero-order chi connectivity index (χ0) is 14.0. The van der Waals surface area contributed by atoms with E-state index in [9.17, 15) is 4.79 Å². The van der Waals surface area contributed by atoms with E-state index < -0.39 is 0 Å². The standard InChI is InChI=1S/C16H24N2O/c1-12(2)15(17(3)4)16(19)18-10-9-13-7-5-6-8-14(13)11-18/h5-8,12,15H,9-11H2,1-4H3. The lowest BCUT2D eigenvalue weighted by Crippen LogP contribution is -2.50. The highest BCUT2D eigenvalue weighted by Gasteiger charge is 2.30. The Morgan fingerprint density at radius 2 is 1.84 bits per heavy atom. The highest BCUT2D eigenvalue weighted by molar-refractivity contribution is 5.82. The lowest BCUT2D eigenvalue weighted by atomic mass is 9.97. The highest BCUT2D eigenvalue weighted by Crippen LogP contribution is 2.21. The molecular formula is C16H24N2O. The number of hydrogen-bond donors (Lipinski definition) is 0. The number of nitrogens with zero attached hydrogens (tertiary/aromatic N) is 2. The predicted octanol–water partition coefficient (Wildman–Crippen LogP) is 2.16. The van der Waals surface area contributed by atoms with Crippen LogP contribution in [-0.2, 0) is 17.8 Å². The zero-order valence-corrected chi connectivity index (χ0v) is 12.4. The minimum Gasteiger partial charge on any atom is -0.337 e. The van der Waals surface area contributed by atoms with Gasteiger partial charge in [-0.25, -0.2) is 0 Å². The summed E-state index contributed by atoms with van der Waals surface area (Å²) in [7, 11) is 3.97. The lowest BCUT2D eigenvalue weighted by Gasteiger charge is -2.35. The third-order valence-corrected chi connectivity index (χ3v) is 3.88. The number of amides is 1. The zero-order valence-electron chi connectivity index (χ0n) is 12.4. The topological polar surface area (TPSA) is 23.6 Å². The van der Waals surface area contributed by atoms with Crippen LogP contribution in [0, 0.1) is 5.92 Å². The van der Waals surface area contributed by atoms with E-state index in [0.29, 0.717) is 5.92 Å². The summed E-state index contributed by atoms with van der Waals surface area (Å²) in [5.74, 6) is 0.592. The van der Waals surface area contributed by atoms with Crippen LogP contribution in [0.5, 0.6) is 0 Å². The van der Waals surface area contributed by atoms with Crippen LogP contribution in [0.25, 0.3) is 0 Å². The van der Waals surface area contributed by atoms with E-state index in [1.807, 2.05) is 23.9 Å². The number of benzene rings is 1. The molecule has 1 amide bonds. The highest BCUT2D eigenvalue weighted by atomic mass is 16.2. The van der Waals surface area contributed by atoms with E-state index in [4.69, 9.17) is 0 Å². The lowest BCUT2D eigenvalue weighted by molar-refractivity contribution is -0.138. The molecule has 0 spiro atoms. The van der Waals surface area contributed by atoms with Crippen molar-refractivity contribution in [3.8, 4) is 0 Å². The number of fused-ring (bicyclic) bond motifs is 1. The molecule has 1 unspecified atom stereocenters. The molecule has 104 valence electrons. The second-order valence-electron chi connectivity index (χ2n) is 5.93. The van der Waals surface area contributed by atoms with Crippen LogP contribution in [0.3, 0.4) is 0 Å². The Kier molecular flexibility index (Phi) is 4.25. The van der Waals surface area contributed by atoms with Gasteiger partial charge < -0.3 is 4.90 Å². The number of hydrogen-bond acceptors (Lipinski definition) is 2. The molecule has 1 aliphatic heterocycles. The first kappa shape index (κ1) is 14.1. The molecule has 1 aliphatic rings. The molecule has 3 heteroatoms. The predicted molar refractivity (Wildman–Crippen MR) is 77.9 cm³/mol. The van der Waals surface area contributed by atoms with Gasteiger partial charge in [0.15, 0.2) is 0 Å². The summed E-state index contributed by atoms with van der Waals surface area (Å²) in [6, 6.07) is 8.41. The van der Waals surface area contributed by atoms with E-state index in [2.05, 4.69) is 38.1 Å². The van der Waals surface area contributed by atoms with Crippen molar-refractivity contribution in [1.29, 1.82) is 0 Å². The van der Waals surface area contributed by atoms with Crippen molar-refractivity contribution in [3.63, 3.8) is 0 Å². The van der Waals surface area contributed by atoms with Gasteiger partial charge in [0, 0.05) is 13.1 Å². The maximum absolute atomic E-state index is 12.7. The Labute approximate surface area is 116 Å². The molecular weight excluding hydrogens is 236 g/mol. The summed E-state index contributed by atoms with van der Waals surface area (Å²) >= 11 is 0. The summed E-state index contributed by atoms with van der Waals surface area (Å²) in [6.07, 6.45) is 0.972. The normalized spacial score (nSPS) is 16.6. The maximum Gasteiger partial charge on any atom is 0.240 e. The number of carbonyl (C=O) groups is 1. The van der Waals surface area contributed by atoms with Gasteiger partial charge >= 0.3 is 0 Å². The van der Waals surface area contributed by atoms with E-state index in [1.54, 1.807) is 0 Å². The van der Waals surface area contributed by atoms with Crippen LogP contribution < -0.4 is 0 Å². The van der Waals surface area contributed by atoms with E-state index >= 15 is 0 Å². The molecule has 3 nitrogen and oxygen atoms in total. The quantitative estimate of drug-likeness (QED) is 0.831. The second-order valence-corrected chi connectivity index (χ2v) is 5.93. The molecule has 0 N–H and O–H groups in total. The summed E-state index contributed by atoms with van der Waals surface area (Å²) in [6.45, 7) is 5.82. The van der Waals surface area contributed by atoms with Crippen LogP contribution >= 0.6 is 0 Å². The molecule has 0 bridgehead atoms. The minimum atomic E-state index is -0.0229. The molecule has 0 radical (unpaired) electrons. The van der Waals surface area contributed by atoms with Gasteiger partial charge in [-0.3, -0.25) is 9.69 Å². The van der Waals surface area contributed by atoms with Crippen LogP contribution in [0.1, 0.15) is 25.0 Å². The molecule has 2 rings (SSSR count). The van der Waals surface area contributed by atoms with Gasteiger partial charge in [-0.05, 0) is 37.6 Å². The first-order chi connectivity index (χ1) is 9.00. The summed E-state index contributed by atoms with van der Waals surface area (Å²) in [5.41, 5.74) is 2.68. The van der Waals surface area contributed by atoms with Crippen molar-refractivity contribution in [2.24, 2.45) is 5.92 Å². The van der Waals surface area contributed by atoms with Crippen molar-refractivity contribution in [2.75, 3.05) is 20.6 Å². The third-order valence-electron chi connectivity index (χ3n) is 3.88. The van der Waals surface area contributed by atoms with Crippen molar-refractivity contribution in [2.45, 2.75) is 32.9 Å². The average Bonchev–Trinajstić information content (AvgIpc) is 2.37. The molecule has 0 aromatic heterocycles. The summed E-state index contributed by atoms with van der Waals surface area (Å²) < 4.78 is 0.